The lowest BCUT2D eigenvalue weighted by Gasteiger charge is -2.20. The number of ether oxygens (including phenoxy) is 5. The van der Waals surface area contributed by atoms with E-state index >= 15 is 0 Å². The lowest BCUT2D eigenvalue weighted by molar-refractivity contribution is -0.159. The van der Waals surface area contributed by atoms with E-state index in [4.69, 9.17) is 18.9 Å². The van der Waals surface area contributed by atoms with Crippen LogP contribution in [0.15, 0.2) is 11.6 Å². The molecular formula is C22H38O8. The first kappa shape index (κ1) is 26.6. The Kier molecular flexibility index (Phi) is 15.2. The number of hydrogen-bond acceptors (Lipinski definition) is 8. The van der Waals surface area contributed by atoms with Gasteiger partial charge >= 0.3 is 11.9 Å². The lowest BCUT2D eigenvalue weighted by Crippen LogP contribution is -2.30. The maximum Gasteiger partial charge on any atom is 0.333 e. The van der Waals surface area contributed by atoms with Crippen molar-refractivity contribution in [3.05, 3.63) is 11.6 Å². The van der Waals surface area contributed by atoms with Gasteiger partial charge < -0.3 is 28.8 Å². The average Bonchev–Trinajstić information content (AvgIpc) is 3.06. The number of unbranched alkanes of at least 4 members (excludes halogenated alkanes) is 8. The third-order valence-corrected chi connectivity index (χ3v) is 4.80. The molecule has 8 heteroatoms. The van der Waals surface area contributed by atoms with Gasteiger partial charge in [-0.15, -0.1) is 0 Å². The Bertz CT molecular complexity index is 505. The quantitative estimate of drug-likeness (QED) is 0.189. The summed E-state index contributed by atoms with van der Waals surface area (Å²) >= 11 is 0. The van der Waals surface area contributed by atoms with Crippen LogP contribution in [0.5, 0.6) is 0 Å². The molecule has 0 aliphatic carbocycles. The van der Waals surface area contributed by atoms with Crippen LogP contribution in [0.4, 0.5) is 0 Å². The molecule has 0 bridgehead atoms. The Balaban J connectivity index is 2.29. The van der Waals surface area contributed by atoms with Crippen LogP contribution in [-0.4, -0.2) is 63.2 Å². The van der Waals surface area contributed by atoms with Crippen molar-refractivity contribution in [3.8, 4) is 0 Å². The molecule has 1 rings (SSSR count). The van der Waals surface area contributed by atoms with Crippen LogP contribution < -0.4 is 0 Å². The van der Waals surface area contributed by atoms with Gasteiger partial charge in [0.1, 0.15) is 6.79 Å². The summed E-state index contributed by atoms with van der Waals surface area (Å²) in [6.07, 6.45) is 9.51. The van der Waals surface area contributed by atoms with Crippen LogP contribution in [0.1, 0.15) is 71.1 Å². The van der Waals surface area contributed by atoms with Crippen molar-refractivity contribution < 1.29 is 38.4 Å². The smallest absolute Gasteiger partial charge is 0.333 e. The second-order valence-electron chi connectivity index (χ2n) is 7.38. The largest absolute Gasteiger partial charge is 0.455 e. The number of carbonyl (C=O) groups excluding carboxylic acids is 2. The van der Waals surface area contributed by atoms with Gasteiger partial charge in [-0.05, 0) is 6.42 Å². The van der Waals surface area contributed by atoms with Gasteiger partial charge in [0.2, 0.25) is 6.29 Å². The first-order chi connectivity index (χ1) is 14.6. The summed E-state index contributed by atoms with van der Waals surface area (Å²) in [4.78, 5) is 23.6. The van der Waals surface area contributed by atoms with Gasteiger partial charge in [-0.3, -0.25) is 4.79 Å². The summed E-state index contributed by atoms with van der Waals surface area (Å²) in [5, 5.41) is 9.86. The van der Waals surface area contributed by atoms with E-state index in [1.165, 1.54) is 38.5 Å². The molecule has 8 nitrogen and oxygen atoms in total. The van der Waals surface area contributed by atoms with Gasteiger partial charge in [-0.2, -0.15) is 0 Å². The molecule has 0 fully saturated rings. The molecule has 0 aromatic rings. The highest BCUT2D eigenvalue weighted by Gasteiger charge is 2.32. The third kappa shape index (κ3) is 12.3. The SMILES string of the molecule is CCCCCCCCCCCC(=O)OC(COCOCCOC)C1=CC(=O)OC1O. The number of rotatable bonds is 19. The Morgan fingerprint density at radius 3 is 2.33 bits per heavy atom. The van der Waals surface area contributed by atoms with E-state index < -0.39 is 18.4 Å². The van der Waals surface area contributed by atoms with Crippen molar-refractivity contribution in [2.24, 2.45) is 0 Å². The fourth-order valence-corrected chi connectivity index (χ4v) is 3.08. The molecule has 0 aromatic carbocycles. The first-order valence-electron chi connectivity index (χ1n) is 11.0. The molecule has 0 amide bonds. The van der Waals surface area contributed by atoms with Crippen molar-refractivity contribution in [2.75, 3.05) is 33.7 Å². The zero-order chi connectivity index (χ0) is 22.0. The van der Waals surface area contributed by atoms with Crippen molar-refractivity contribution in [3.63, 3.8) is 0 Å². The molecule has 174 valence electrons. The summed E-state index contributed by atoms with van der Waals surface area (Å²) in [5.74, 6) is -1.06. The first-order valence-corrected chi connectivity index (χ1v) is 11.0. The van der Waals surface area contributed by atoms with Gasteiger partial charge in [0.15, 0.2) is 6.10 Å². The monoisotopic (exact) mass is 430 g/mol. The molecule has 0 aromatic heterocycles. The number of aliphatic hydroxyl groups excluding tert-OH is 1. The summed E-state index contributed by atoms with van der Waals surface area (Å²) in [7, 11) is 1.57. The zero-order valence-electron chi connectivity index (χ0n) is 18.4. The van der Waals surface area contributed by atoms with E-state index in [2.05, 4.69) is 11.7 Å². The molecule has 1 aliphatic rings. The molecule has 0 spiro atoms. The van der Waals surface area contributed by atoms with Crippen LogP contribution in [0.2, 0.25) is 0 Å². The van der Waals surface area contributed by atoms with Crippen molar-refractivity contribution >= 4 is 11.9 Å². The fraction of sp³-hybridized carbons (Fsp3) is 0.818. The Labute approximate surface area is 179 Å². The molecule has 0 radical (unpaired) electrons. The van der Waals surface area contributed by atoms with Crippen LogP contribution in [0.3, 0.4) is 0 Å². The number of esters is 2. The number of cyclic esters (lactones) is 1. The summed E-state index contributed by atoms with van der Waals surface area (Å²) in [5.41, 5.74) is 0.178. The van der Waals surface area contributed by atoms with E-state index in [1.54, 1.807) is 7.11 Å². The highest BCUT2D eigenvalue weighted by Crippen LogP contribution is 2.21. The van der Waals surface area contributed by atoms with E-state index in [9.17, 15) is 14.7 Å². The van der Waals surface area contributed by atoms with Crippen LogP contribution in [0.25, 0.3) is 0 Å². The van der Waals surface area contributed by atoms with Gasteiger partial charge in [-0.25, -0.2) is 4.79 Å². The summed E-state index contributed by atoms with van der Waals surface area (Å²) in [6, 6.07) is 0. The molecule has 1 heterocycles. The lowest BCUT2D eigenvalue weighted by atomic mass is 10.1. The predicted molar refractivity (Wildman–Crippen MR) is 111 cm³/mol. The zero-order valence-corrected chi connectivity index (χ0v) is 18.4. The minimum absolute atomic E-state index is 0.0200. The molecule has 2 unspecified atom stereocenters. The van der Waals surface area contributed by atoms with Crippen LogP contribution in [-0.2, 0) is 33.3 Å². The van der Waals surface area contributed by atoms with E-state index in [0.29, 0.717) is 13.2 Å². The Hall–Kier alpha value is -1.48. The third-order valence-electron chi connectivity index (χ3n) is 4.80. The molecular weight excluding hydrogens is 392 g/mol. The number of methoxy groups -OCH3 is 1. The van der Waals surface area contributed by atoms with Gasteiger partial charge in [0, 0.05) is 25.2 Å². The van der Waals surface area contributed by atoms with Gasteiger partial charge in [0.25, 0.3) is 0 Å². The van der Waals surface area contributed by atoms with E-state index in [1.807, 2.05) is 0 Å². The maximum atomic E-state index is 12.2. The summed E-state index contributed by atoms with van der Waals surface area (Å²) < 4.78 is 25.6. The highest BCUT2D eigenvalue weighted by atomic mass is 16.7. The second kappa shape index (κ2) is 17.2. The van der Waals surface area contributed by atoms with Crippen molar-refractivity contribution in [1.29, 1.82) is 0 Å². The summed E-state index contributed by atoms with van der Waals surface area (Å²) in [6.45, 7) is 2.95. The molecule has 2 atom stereocenters. The molecule has 0 saturated carbocycles. The Morgan fingerprint density at radius 1 is 1.07 bits per heavy atom. The van der Waals surface area contributed by atoms with Crippen LogP contribution >= 0.6 is 0 Å². The normalized spacial score (nSPS) is 17.0. The van der Waals surface area contributed by atoms with Gasteiger partial charge in [0.05, 0.1) is 19.8 Å². The second-order valence-corrected chi connectivity index (χ2v) is 7.38. The minimum Gasteiger partial charge on any atom is -0.455 e. The minimum atomic E-state index is -1.43. The maximum absolute atomic E-state index is 12.2. The van der Waals surface area contributed by atoms with Crippen LogP contribution in [0, 0.1) is 0 Å². The molecule has 30 heavy (non-hydrogen) atoms. The standard InChI is InChI=1S/C22H38O8/c1-3-4-5-6-7-8-9-10-11-12-20(23)29-19(16-28-17-27-14-13-26-2)18-15-21(24)30-22(18)25/h15,19,22,25H,3-14,16-17H2,1-2H3. The van der Waals surface area contributed by atoms with Gasteiger partial charge in [-0.1, -0.05) is 58.3 Å². The topological polar surface area (TPSA) is 101 Å². The number of carbonyl (C=O) groups is 2. The fourth-order valence-electron chi connectivity index (χ4n) is 3.08. The number of aliphatic hydroxyl groups is 1. The van der Waals surface area contributed by atoms with Crippen molar-refractivity contribution in [1.82, 2.24) is 0 Å². The van der Waals surface area contributed by atoms with Crippen molar-refractivity contribution in [2.45, 2.75) is 83.5 Å². The van der Waals surface area contributed by atoms with E-state index in [-0.39, 0.29) is 31.4 Å². The van der Waals surface area contributed by atoms with E-state index in [0.717, 1.165) is 25.3 Å². The predicted octanol–water partition coefficient (Wildman–Crippen LogP) is 3.26. The number of hydrogen-bond donors (Lipinski definition) is 1. The average molecular weight is 431 g/mol. The Morgan fingerprint density at radius 2 is 1.73 bits per heavy atom. The molecule has 0 saturated heterocycles. The highest BCUT2D eigenvalue weighted by molar-refractivity contribution is 5.86. The molecule has 1 aliphatic heterocycles. The molecule has 1 N–H and O–H groups in total.